The van der Waals surface area contributed by atoms with Gasteiger partial charge in [-0.15, -0.1) is 0 Å². The molecule has 0 atom stereocenters. The molecule has 1 heterocycles. The maximum atomic E-state index is 5.32. The van der Waals surface area contributed by atoms with Gasteiger partial charge in [0.05, 0.1) is 12.0 Å². The van der Waals surface area contributed by atoms with Gasteiger partial charge < -0.3 is 15.0 Å². The molecule has 4 nitrogen and oxygen atoms in total. The van der Waals surface area contributed by atoms with Crippen LogP contribution in [-0.4, -0.2) is 38.8 Å². The van der Waals surface area contributed by atoms with Gasteiger partial charge in [0.1, 0.15) is 0 Å². The third-order valence-electron chi connectivity index (χ3n) is 2.81. The summed E-state index contributed by atoms with van der Waals surface area (Å²) in [6, 6.07) is 0.744. The number of thiazole rings is 1. The van der Waals surface area contributed by atoms with Crippen LogP contribution < -0.4 is 15.0 Å². The van der Waals surface area contributed by atoms with E-state index in [1.807, 2.05) is 19.0 Å². The van der Waals surface area contributed by atoms with Gasteiger partial charge in [0.2, 0.25) is 5.88 Å². The zero-order chi connectivity index (χ0) is 13.1. The van der Waals surface area contributed by atoms with Gasteiger partial charge in [-0.2, -0.15) is 4.98 Å². The lowest BCUT2D eigenvalue weighted by atomic mass is 10.2. The Morgan fingerprint density at radius 1 is 1.56 bits per heavy atom. The van der Waals surface area contributed by atoms with E-state index in [2.05, 4.69) is 23.3 Å². The summed E-state index contributed by atoms with van der Waals surface area (Å²) in [7, 11) is 5.66. The first-order valence-corrected chi connectivity index (χ1v) is 7.04. The van der Waals surface area contributed by atoms with Gasteiger partial charge in [0.15, 0.2) is 5.13 Å². The van der Waals surface area contributed by atoms with Gasteiger partial charge in [-0.3, -0.25) is 0 Å². The second kappa shape index (κ2) is 5.71. The summed E-state index contributed by atoms with van der Waals surface area (Å²) in [6.07, 6.45) is 4.81. The van der Waals surface area contributed by atoms with Crippen molar-refractivity contribution in [2.45, 2.75) is 25.8 Å². The number of ether oxygens (including phenoxy) is 1. The Morgan fingerprint density at radius 3 is 2.83 bits per heavy atom. The normalized spacial score (nSPS) is 15.9. The summed E-state index contributed by atoms with van der Waals surface area (Å²) in [6.45, 7) is 3.09. The molecule has 1 aliphatic carbocycles. The molecule has 0 bridgehead atoms. The summed E-state index contributed by atoms with van der Waals surface area (Å²) in [4.78, 5) is 7.54. The van der Waals surface area contributed by atoms with E-state index in [1.165, 1.54) is 18.4 Å². The fourth-order valence-electron chi connectivity index (χ4n) is 1.60. The van der Waals surface area contributed by atoms with E-state index in [0.717, 1.165) is 28.5 Å². The molecule has 100 valence electrons. The molecular formula is C13H21N3OS. The highest BCUT2D eigenvalue weighted by Crippen LogP contribution is 2.32. The SMILES string of the molecule is COc1nc(N(C)C)sc1C=C(C)CNC1CC1. The van der Waals surface area contributed by atoms with Gasteiger partial charge in [0.25, 0.3) is 0 Å². The van der Waals surface area contributed by atoms with E-state index in [-0.39, 0.29) is 0 Å². The van der Waals surface area contributed by atoms with Crippen molar-refractivity contribution in [3.8, 4) is 5.88 Å². The van der Waals surface area contributed by atoms with Crippen molar-refractivity contribution in [1.29, 1.82) is 0 Å². The highest BCUT2D eigenvalue weighted by atomic mass is 32.1. The first-order chi connectivity index (χ1) is 8.60. The summed E-state index contributed by atoms with van der Waals surface area (Å²) in [5.41, 5.74) is 1.31. The number of nitrogens with zero attached hydrogens (tertiary/aromatic N) is 2. The lowest BCUT2D eigenvalue weighted by Gasteiger charge is -2.04. The van der Waals surface area contributed by atoms with Crippen LogP contribution in [0.15, 0.2) is 5.57 Å². The van der Waals surface area contributed by atoms with Crippen LogP contribution in [-0.2, 0) is 0 Å². The molecular weight excluding hydrogens is 246 g/mol. The molecule has 0 aliphatic heterocycles. The van der Waals surface area contributed by atoms with E-state index in [9.17, 15) is 0 Å². The highest BCUT2D eigenvalue weighted by molar-refractivity contribution is 7.16. The Bertz CT molecular complexity index is 435. The van der Waals surface area contributed by atoms with Gasteiger partial charge in [0, 0.05) is 26.7 Å². The molecule has 1 saturated carbocycles. The average molecular weight is 267 g/mol. The van der Waals surface area contributed by atoms with Crippen molar-refractivity contribution < 1.29 is 4.74 Å². The van der Waals surface area contributed by atoms with Gasteiger partial charge >= 0.3 is 0 Å². The van der Waals surface area contributed by atoms with E-state index in [4.69, 9.17) is 4.74 Å². The third kappa shape index (κ3) is 3.46. The summed E-state index contributed by atoms with van der Waals surface area (Å²) in [5.74, 6) is 0.717. The maximum absolute atomic E-state index is 5.32. The predicted molar refractivity (Wildman–Crippen MR) is 77.7 cm³/mol. The molecule has 5 heteroatoms. The van der Waals surface area contributed by atoms with Crippen LogP contribution in [0.1, 0.15) is 24.6 Å². The van der Waals surface area contributed by atoms with Crippen molar-refractivity contribution in [3.63, 3.8) is 0 Å². The van der Waals surface area contributed by atoms with Crippen LogP contribution in [0.4, 0.5) is 5.13 Å². The Labute approximate surface area is 113 Å². The van der Waals surface area contributed by atoms with E-state index in [1.54, 1.807) is 18.4 Å². The molecule has 18 heavy (non-hydrogen) atoms. The Morgan fingerprint density at radius 2 is 2.28 bits per heavy atom. The molecule has 1 aromatic heterocycles. The van der Waals surface area contributed by atoms with Crippen LogP contribution in [0.25, 0.3) is 6.08 Å². The zero-order valence-corrected chi connectivity index (χ0v) is 12.3. The van der Waals surface area contributed by atoms with Crippen LogP contribution in [0.3, 0.4) is 0 Å². The minimum Gasteiger partial charge on any atom is -0.480 e. The largest absolute Gasteiger partial charge is 0.480 e. The quantitative estimate of drug-likeness (QED) is 0.858. The van der Waals surface area contributed by atoms with Crippen molar-refractivity contribution in [2.24, 2.45) is 0 Å². The number of hydrogen-bond acceptors (Lipinski definition) is 5. The van der Waals surface area contributed by atoms with Crippen LogP contribution in [0.5, 0.6) is 5.88 Å². The van der Waals surface area contributed by atoms with E-state index < -0.39 is 0 Å². The first kappa shape index (κ1) is 13.4. The molecule has 2 rings (SSSR count). The molecule has 0 amide bonds. The van der Waals surface area contributed by atoms with Crippen molar-refractivity contribution in [2.75, 3.05) is 32.6 Å². The number of aromatic nitrogens is 1. The molecule has 0 aromatic carbocycles. The molecule has 1 N–H and O–H groups in total. The smallest absolute Gasteiger partial charge is 0.233 e. The second-order valence-electron chi connectivity index (χ2n) is 4.91. The molecule has 0 radical (unpaired) electrons. The summed E-state index contributed by atoms with van der Waals surface area (Å²) < 4.78 is 5.32. The Hall–Kier alpha value is -1.07. The molecule has 0 spiro atoms. The predicted octanol–water partition coefficient (Wildman–Crippen LogP) is 2.37. The third-order valence-corrected chi connectivity index (χ3v) is 3.96. The van der Waals surface area contributed by atoms with Gasteiger partial charge in [-0.25, -0.2) is 0 Å². The minimum atomic E-state index is 0.717. The van der Waals surface area contributed by atoms with Crippen LogP contribution in [0, 0.1) is 0 Å². The molecule has 0 saturated heterocycles. The van der Waals surface area contributed by atoms with Gasteiger partial charge in [-0.1, -0.05) is 16.9 Å². The standard InChI is InChI=1S/C13H21N3OS/c1-9(8-14-10-5-6-10)7-11-12(17-4)15-13(18-11)16(2)3/h7,10,14H,5-6,8H2,1-4H3. The molecule has 1 fully saturated rings. The van der Waals surface area contributed by atoms with E-state index in [0.29, 0.717) is 0 Å². The average Bonchev–Trinajstić information content (AvgIpc) is 3.07. The molecule has 1 aliphatic rings. The van der Waals surface area contributed by atoms with Crippen molar-refractivity contribution in [3.05, 3.63) is 10.5 Å². The van der Waals surface area contributed by atoms with E-state index >= 15 is 0 Å². The fraction of sp³-hybridized carbons (Fsp3) is 0.615. The topological polar surface area (TPSA) is 37.4 Å². The number of hydrogen-bond donors (Lipinski definition) is 1. The Kier molecular flexibility index (Phi) is 4.24. The van der Waals surface area contributed by atoms with Crippen molar-refractivity contribution >= 4 is 22.5 Å². The fourth-order valence-corrected chi connectivity index (χ4v) is 2.59. The lowest BCUT2D eigenvalue weighted by Crippen LogP contribution is -2.18. The molecule has 0 unspecified atom stereocenters. The minimum absolute atomic E-state index is 0.717. The van der Waals surface area contributed by atoms with Crippen molar-refractivity contribution in [1.82, 2.24) is 10.3 Å². The number of nitrogens with one attached hydrogen (secondary N) is 1. The van der Waals surface area contributed by atoms with Gasteiger partial charge in [-0.05, 0) is 25.8 Å². The summed E-state index contributed by atoms with van der Waals surface area (Å²) in [5, 5.41) is 4.48. The Balaban J connectivity index is 2.07. The molecule has 1 aromatic rings. The number of rotatable bonds is 6. The number of anilines is 1. The highest BCUT2D eigenvalue weighted by Gasteiger charge is 2.20. The summed E-state index contributed by atoms with van der Waals surface area (Å²) >= 11 is 1.66. The number of methoxy groups -OCH3 is 1. The zero-order valence-electron chi connectivity index (χ0n) is 11.5. The first-order valence-electron chi connectivity index (χ1n) is 6.23. The van der Waals surface area contributed by atoms with Crippen LogP contribution in [0.2, 0.25) is 0 Å². The lowest BCUT2D eigenvalue weighted by molar-refractivity contribution is 0.400. The maximum Gasteiger partial charge on any atom is 0.233 e. The van der Waals surface area contributed by atoms with Crippen LogP contribution >= 0.6 is 11.3 Å². The second-order valence-corrected chi connectivity index (χ2v) is 5.92. The monoisotopic (exact) mass is 267 g/mol.